The molecule has 0 aliphatic rings. The molecule has 1 unspecified atom stereocenters. The zero-order valence-corrected chi connectivity index (χ0v) is 13.4. The first kappa shape index (κ1) is 16.6. The van der Waals surface area contributed by atoms with E-state index in [0.717, 1.165) is 11.1 Å². The van der Waals surface area contributed by atoms with Crippen molar-refractivity contribution in [2.75, 3.05) is 20.8 Å². The summed E-state index contributed by atoms with van der Waals surface area (Å²) in [5.41, 5.74) is 1.85. The van der Waals surface area contributed by atoms with Gasteiger partial charge in [-0.2, -0.15) is 0 Å². The van der Waals surface area contributed by atoms with E-state index in [1.165, 1.54) is 0 Å². The number of hydrogen-bond acceptors (Lipinski definition) is 4. The molecule has 118 valence electrons. The van der Waals surface area contributed by atoms with E-state index >= 15 is 0 Å². The molecular weight excluding hydrogens is 302 g/mol. The van der Waals surface area contributed by atoms with Crippen molar-refractivity contribution >= 4 is 11.6 Å². The molecule has 0 aliphatic heterocycles. The number of benzene rings is 2. The minimum Gasteiger partial charge on any atom is -0.493 e. The average Bonchev–Trinajstić information content (AvgIpc) is 2.55. The molecule has 0 spiro atoms. The standard InChI is InChI=1S/C17H20ClNO3/c1-21-16-9-12(8-14(18)17(16)22-2)10-19-11-15(20)13-6-4-3-5-7-13/h3-9,15,19-20H,10-11H2,1-2H3. The van der Waals surface area contributed by atoms with Crippen LogP contribution in [0.25, 0.3) is 0 Å². The van der Waals surface area contributed by atoms with Gasteiger partial charge < -0.3 is 19.9 Å². The van der Waals surface area contributed by atoms with Crippen LogP contribution in [-0.2, 0) is 6.54 Å². The Morgan fingerprint density at radius 3 is 2.50 bits per heavy atom. The summed E-state index contributed by atoms with van der Waals surface area (Å²) in [6.45, 7) is 1.03. The molecule has 0 radical (unpaired) electrons. The van der Waals surface area contributed by atoms with Gasteiger partial charge in [0.25, 0.3) is 0 Å². The Labute approximate surface area is 135 Å². The Kier molecular flexibility index (Phi) is 6.07. The number of nitrogens with one attached hydrogen (secondary N) is 1. The summed E-state index contributed by atoms with van der Waals surface area (Å²) in [7, 11) is 3.13. The van der Waals surface area contributed by atoms with Gasteiger partial charge in [0.05, 0.1) is 25.3 Å². The Hall–Kier alpha value is -1.75. The van der Waals surface area contributed by atoms with Crippen molar-refractivity contribution in [3.63, 3.8) is 0 Å². The Morgan fingerprint density at radius 2 is 1.86 bits per heavy atom. The van der Waals surface area contributed by atoms with Crippen molar-refractivity contribution in [1.29, 1.82) is 0 Å². The topological polar surface area (TPSA) is 50.7 Å². The maximum absolute atomic E-state index is 10.1. The molecule has 1 atom stereocenters. The summed E-state index contributed by atoms with van der Waals surface area (Å²) in [5.74, 6) is 1.12. The Balaban J connectivity index is 1.96. The van der Waals surface area contributed by atoms with Crippen LogP contribution in [-0.4, -0.2) is 25.9 Å². The summed E-state index contributed by atoms with van der Waals surface area (Å²) in [6, 6.07) is 13.2. The molecule has 4 nitrogen and oxygen atoms in total. The van der Waals surface area contributed by atoms with Gasteiger partial charge >= 0.3 is 0 Å². The summed E-state index contributed by atoms with van der Waals surface area (Å²) in [4.78, 5) is 0. The quantitative estimate of drug-likeness (QED) is 0.822. The van der Waals surface area contributed by atoms with Crippen LogP contribution in [0.15, 0.2) is 42.5 Å². The van der Waals surface area contributed by atoms with Crippen LogP contribution in [0.1, 0.15) is 17.2 Å². The highest BCUT2D eigenvalue weighted by Gasteiger charge is 2.11. The highest BCUT2D eigenvalue weighted by molar-refractivity contribution is 6.32. The number of rotatable bonds is 7. The highest BCUT2D eigenvalue weighted by Crippen LogP contribution is 2.35. The second-order valence-corrected chi connectivity index (χ2v) is 5.28. The summed E-state index contributed by atoms with van der Waals surface area (Å²) < 4.78 is 10.5. The molecule has 0 aromatic heterocycles. The lowest BCUT2D eigenvalue weighted by atomic mass is 10.1. The third-order valence-corrected chi connectivity index (χ3v) is 3.63. The van der Waals surface area contributed by atoms with Gasteiger partial charge in [-0.05, 0) is 23.3 Å². The number of aliphatic hydroxyl groups is 1. The van der Waals surface area contributed by atoms with Crippen molar-refractivity contribution in [2.24, 2.45) is 0 Å². The molecule has 0 saturated carbocycles. The molecule has 0 amide bonds. The largest absolute Gasteiger partial charge is 0.493 e. The van der Waals surface area contributed by atoms with Gasteiger partial charge in [-0.15, -0.1) is 0 Å². The summed E-state index contributed by atoms with van der Waals surface area (Å²) in [6.07, 6.45) is -0.545. The lowest BCUT2D eigenvalue weighted by Crippen LogP contribution is -2.21. The van der Waals surface area contributed by atoms with E-state index in [-0.39, 0.29) is 0 Å². The van der Waals surface area contributed by atoms with Crippen LogP contribution in [0.2, 0.25) is 5.02 Å². The van der Waals surface area contributed by atoms with E-state index in [1.54, 1.807) is 14.2 Å². The maximum Gasteiger partial charge on any atom is 0.179 e. The molecule has 0 aliphatic carbocycles. The van der Waals surface area contributed by atoms with Crippen LogP contribution in [0, 0.1) is 0 Å². The fourth-order valence-electron chi connectivity index (χ4n) is 2.22. The van der Waals surface area contributed by atoms with Gasteiger partial charge in [0.1, 0.15) is 0 Å². The molecule has 5 heteroatoms. The molecule has 0 saturated heterocycles. The van der Waals surface area contributed by atoms with Crippen LogP contribution in [0.4, 0.5) is 0 Å². The van der Waals surface area contributed by atoms with E-state index in [0.29, 0.717) is 29.6 Å². The van der Waals surface area contributed by atoms with Crippen molar-refractivity contribution < 1.29 is 14.6 Å². The minimum absolute atomic E-state index is 0.454. The Bertz CT molecular complexity index is 604. The number of methoxy groups -OCH3 is 2. The van der Waals surface area contributed by atoms with Gasteiger partial charge in [0, 0.05) is 13.1 Å². The van der Waals surface area contributed by atoms with Gasteiger partial charge in [0.2, 0.25) is 0 Å². The third-order valence-electron chi connectivity index (χ3n) is 3.34. The van der Waals surface area contributed by atoms with E-state index < -0.39 is 6.10 Å². The molecular formula is C17H20ClNO3. The van der Waals surface area contributed by atoms with E-state index in [4.69, 9.17) is 21.1 Å². The molecule has 0 bridgehead atoms. The summed E-state index contributed by atoms with van der Waals surface area (Å²) in [5, 5.41) is 13.8. The third kappa shape index (κ3) is 4.13. The van der Waals surface area contributed by atoms with E-state index in [2.05, 4.69) is 5.32 Å². The number of ether oxygens (including phenoxy) is 2. The first-order valence-corrected chi connectivity index (χ1v) is 7.37. The number of hydrogen-bond donors (Lipinski definition) is 2. The van der Waals surface area contributed by atoms with Crippen molar-refractivity contribution in [2.45, 2.75) is 12.6 Å². The average molecular weight is 322 g/mol. The highest BCUT2D eigenvalue weighted by atomic mass is 35.5. The smallest absolute Gasteiger partial charge is 0.179 e. The van der Waals surface area contributed by atoms with Crippen LogP contribution in [0.3, 0.4) is 0 Å². The van der Waals surface area contributed by atoms with Crippen LogP contribution in [0.5, 0.6) is 11.5 Å². The predicted octanol–water partition coefficient (Wildman–Crippen LogP) is 3.18. The lowest BCUT2D eigenvalue weighted by Gasteiger charge is -2.14. The van der Waals surface area contributed by atoms with Gasteiger partial charge in [-0.3, -0.25) is 0 Å². The van der Waals surface area contributed by atoms with E-state index in [1.807, 2.05) is 42.5 Å². The van der Waals surface area contributed by atoms with Crippen molar-refractivity contribution in [1.82, 2.24) is 5.32 Å². The zero-order chi connectivity index (χ0) is 15.9. The van der Waals surface area contributed by atoms with Gasteiger partial charge in [0.15, 0.2) is 11.5 Å². The second-order valence-electron chi connectivity index (χ2n) is 4.87. The SMILES string of the molecule is COc1cc(CNCC(O)c2ccccc2)cc(Cl)c1OC. The minimum atomic E-state index is -0.545. The molecule has 0 fully saturated rings. The molecule has 2 aromatic carbocycles. The Morgan fingerprint density at radius 1 is 1.14 bits per heavy atom. The summed E-state index contributed by atoms with van der Waals surface area (Å²) >= 11 is 6.17. The van der Waals surface area contributed by atoms with Crippen LogP contribution >= 0.6 is 11.6 Å². The lowest BCUT2D eigenvalue weighted by molar-refractivity contribution is 0.174. The molecule has 22 heavy (non-hydrogen) atoms. The zero-order valence-electron chi connectivity index (χ0n) is 12.7. The van der Waals surface area contributed by atoms with Gasteiger partial charge in [-0.25, -0.2) is 0 Å². The maximum atomic E-state index is 10.1. The molecule has 2 rings (SSSR count). The van der Waals surface area contributed by atoms with Crippen molar-refractivity contribution in [3.05, 3.63) is 58.6 Å². The first-order chi connectivity index (χ1) is 10.7. The van der Waals surface area contributed by atoms with Crippen molar-refractivity contribution in [3.8, 4) is 11.5 Å². The molecule has 2 N–H and O–H groups in total. The second kappa shape index (κ2) is 8.03. The van der Waals surface area contributed by atoms with E-state index in [9.17, 15) is 5.11 Å². The monoisotopic (exact) mass is 321 g/mol. The first-order valence-electron chi connectivity index (χ1n) is 6.99. The fourth-order valence-corrected chi connectivity index (χ4v) is 2.53. The fraction of sp³-hybridized carbons (Fsp3) is 0.294. The number of halogens is 1. The number of aliphatic hydroxyl groups excluding tert-OH is 1. The molecule has 0 heterocycles. The normalized spacial score (nSPS) is 12.0. The predicted molar refractivity (Wildman–Crippen MR) is 87.7 cm³/mol. The van der Waals surface area contributed by atoms with Crippen LogP contribution < -0.4 is 14.8 Å². The molecule has 2 aromatic rings. The van der Waals surface area contributed by atoms with Gasteiger partial charge in [-0.1, -0.05) is 41.9 Å².